The first-order valence-corrected chi connectivity index (χ1v) is 8.19. The number of benzene rings is 1. The number of methoxy groups -OCH3 is 2. The van der Waals surface area contributed by atoms with Crippen molar-refractivity contribution < 1.29 is 22.7 Å². The molecule has 8 heteroatoms. The SMILES string of the molecule is COc1cc(C(=O)NC2CC2)cc(S(=O)(=O)Cl)c1OC. The van der Waals surface area contributed by atoms with E-state index in [1.54, 1.807) is 0 Å². The van der Waals surface area contributed by atoms with Gasteiger partial charge >= 0.3 is 0 Å². The first kappa shape index (κ1) is 14.9. The van der Waals surface area contributed by atoms with Crippen molar-refractivity contribution in [1.29, 1.82) is 0 Å². The van der Waals surface area contributed by atoms with Gasteiger partial charge in [0.15, 0.2) is 11.5 Å². The fraction of sp³-hybridized carbons (Fsp3) is 0.417. The number of carbonyl (C=O) groups is 1. The molecule has 1 aromatic carbocycles. The maximum Gasteiger partial charge on any atom is 0.265 e. The number of hydrogen-bond donors (Lipinski definition) is 1. The molecule has 6 nitrogen and oxygen atoms in total. The molecule has 0 unspecified atom stereocenters. The minimum absolute atomic E-state index is 0.0227. The topological polar surface area (TPSA) is 81.7 Å². The summed E-state index contributed by atoms with van der Waals surface area (Å²) in [6.07, 6.45) is 1.86. The molecule has 1 fully saturated rings. The van der Waals surface area contributed by atoms with Crippen molar-refractivity contribution in [2.75, 3.05) is 14.2 Å². The van der Waals surface area contributed by atoms with E-state index >= 15 is 0 Å². The second-order valence-electron chi connectivity index (χ2n) is 4.40. The number of hydrogen-bond acceptors (Lipinski definition) is 5. The lowest BCUT2D eigenvalue weighted by Crippen LogP contribution is -2.25. The zero-order valence-electron chi connectivity index (χ0n) is 11.0. The van der Waals surface area contributed by atoms with Crippen molar-refractivity contribution in [2.24, 2.45) is 0 Å². The number of halogens is 1. The van der Waals surface area contributed by atoms with Crippen LogP contribution in [-0.4, -0.2) is 34.6 Å². The van der Waals surface area contributed by atoms with Crippen LogP contribution in [0.4, 0.5) is 0 Å². The summed E-state index contributed by atoms with van der Waals surface area (Å²) in [5, 5.41) is 2.76. The lowest BCUT2D eigenvalue weighted by atomic mass is 10.2. The second-order valence-corrected chi connectivity index (χ2v) is 6.93. The molecule has 0 radical (unpaired) electrons. The van der Waals surface area contributed by atoms with E-state index in [2.05, 4.69) is 5.32 Å². The fourth-order valence-corrected chi connectivity index (χ4v) is 2.76. The van der Waals surface area contributed by atoms with Crippen LogP contribution in [-0.2, 0) is 9.05 Å². The van der Waals surface area contributed by atoms with Gasteiger partial charge in [-0.15, -0.1) is 0 Å². The molecule has 0 aromatic heterocycles. The molecule has 1 amide bonds. The first-order valence-electron chi connectivity index (χ1n) is 5.88. The van der Waals surface area contributed by atoms with Crippen LogP contribution < -0.4 is 14.8 Å². The molecular weight excluding hydrogens is 306 g/mol. The Bertz CT molecular complexity index is 639. The van der Waals surface area contributed by atoms with Crippen LogP contribution in [0.15, 0.2) is 17.0 Å². The fourth-order valence-electron chi connectivity index (χ4n) is 1.74. The van der Waals surface area contributed by atoms with Crippen molar-refractivity contribution in [3.8, 4) is 11.5 Å². The first-order chi connectivity index (χ1) is 9.36. The molecule has 0 heterocycles. The van der Waals surface area contributed by atoms with Gasteiger partial charge in [0.2, 0.25) is 0 Å². The highest BCUT2D eigenvalue weighted by molar-refractivity contribution is 8.13. The maximum absolute atomic E-state index is 12.0. The third-order valence-electron chi connectivity index (χ3n) is 2.88. The summed E-state index contributed by atoms with van der Waals surface area (Å²) in [4.78, 5) is 11.7. The minimum Gasteiger partial charge on any atom is -0.493 e. The molecule has 0 atom stereocenters. The normalized spacial score (nSPS) is 14.8. The van der Waals surface area contributed by atoms with Gasteiger partial charge in [0.05, 0.1) is 14.2 Å². The van der Waals surface area contributed by atoms with Crippen LogP contribution in [0.25, 0.3) is 0 Å². The number of nitrogens with one attached hydrogen (secondary N) is 1. The van der Waals surface area contributed by atoms with Crippen LogP contribution in [0, 0.1) is 0 Å². The second kappa shape index (κ2) is 5.49. The summed E-state index contributed by atoms with van der Waals surface area (Å²) in [5.41, 5.74) is 0.161. The Morgan fingerprint density at radius 3 is 2.40 bits per heavy atom. The molecule has 110 valence electrons. The zero-order valence-corrected chi connectivity index (χ0v) is 12.5. The Morgan fingerprint density at radius 1 is 1.30 bits per heavy atom. The van der Waals surface area contributed by atoms with Gasteiger partial charge < -0.3 is 14.8 Å². The standard InChI is InChI=1S/C12H14ClNO5S/c1-18-9-5-7(12(15)14-8-3-4-8)6-10(11(9)19-2)20(13,16)17/h5-6,8H,3-4H2,1-2H3,(H,14,15). The highest BCUT2D eigenvalue weighted by Gasteiger charge is 2.27. The number of rotatable bonds is 5. The van der Waals surface area contributed by atoms with Gasteiger partial charge in [-0.1, -0.05) is 0 Å². The molecule has 2 rings (SSSR count). The van der Waals surface area contributed by atoms with Gasteiger partial charge in [0.1, 0.15) is 4.90 Å². The molecule has 0 spiro atoms. The highest BCUT2D eigenvalue weighted by Crippen LogP contribution is 2.37. The number of amides is 1. The van der Waals surface area contributed by atoms with Gasteiger partial charge in [0, 0.05) is 22.3 Å². The Labute approximate surface area is 121 Å². The summed E-state index contributed by atoms with van der Waals surface area (Å²) < 4.78 is 33.2. The maximum atomic E-state index is 12.0. The van der Waals surface area contributed by atoms with Crippen LogP contribution in [0.3, 0.4) is 0 Å². The summed E-state index contributed by atoms with van der Waals surface area (Å²) in [5.74, 6) is -0.254. The van der Waals surface area contributed by atoms with E-state index in [-0.39, 0.29) is 33.9 Å². The summed E-state index contributed by atoms with van der Waals surface area (Å²) in [6, 6.07) is 2.76. The van der Waals surface area contributed by atoms with Gasteiger partial charge in [-0.25, -0.2) is 8.42 Å². The smallest absolute Gasteiger partial charge is 0.265 e. The Morgan fingerprint density at radius 2 is 1.95 bits per heavy atom. The Hall–Kier alpha value is -1.47. The molecule has 0 aliphatic heterocycles. The van der Waals surface area contributed by atoms with E-state index < -0.39 is 9.05 Å². The van der Waals surface area contributed by atoms with E-state index in [1.165, 1.54) is 26.4 Å². The van der Waals surface area contributed by atoms with E-state index in [0.717, 1.165) is 12.8 Å². The monoisotopic (exact) mass is 319 g/mol. The van der Waals surface area contributed by atoms with Gasteiger partial charge in [0.25, 0.3) is 15.0 Å². The number of ether oxygens (including phenoxy) is 2. The van der Waals surface area contributed by atoms with Gasteiger partial charge in [-0.3, -0.25) is 4.79 Å². The molecule has 0 saturated heterocycles. The van der Waals surface area contributed by atoms with Crippen LogP contribution in [0.2, 0.25) is 0 Å². The molecule has 1 N–H and O–H groups in total. The lowest BCUT2D eigenvalue weighted by molar-refractivity contribution is 0.0950. The average Bonchev–Trinajstić information content (AvgIpc) is 3.19. The predicted molar refractivity (Wildman–Crippen MR) is 73.1 cm³/mol. The van der Waals surface area contributed by atoms with Crippen LogP contribution >= 0.6 is 10.7 Å². The molecule has 1 aliphatic carbocycles. The average molecular weight is 320 g/mol. The third-order valence-corrected chi connectivity index (χ3v) is 4.21. The Balaban J connectivity index is 2.50. The largest absolute Gasteiger partial charge is 0.493 e. The summed E-state index contributed by atoms with van der Waals surface area (Å²) in [6.45, 7) is 0. The molecule has 1 aromatic rings. The molecule has 1 aliphatic rings. The highest BCUT2D eigenvalue weighted by atomic mass is 35.7. The van der Waals surface area contributed by atoms with Crippen molar-refractivity contribution in [3.63, 3.8) is 0 Å². The number of carbonyl (C=O) groups excluding carboxylic acids is 1. The van der Waals surface area contributed by atoms with Crippen LogP contribution in [0.5, 0.6) is 11.5 Å². The van der Waals surface area contributed by atoms with E-state index in [0.29, 0.717) is 0 Å². The molecule has 20 heavy (non-hydrogen) atoms. The van der Waals surface area contributed by atoms with Crippen molar-refractivity contribution in [1.82, 2.24) is 5.32 Å². The summed E-state index contributed by atoms with van der Waals surface area (Å²) in [7, 11) is 3.96. The predicted octanol–water partition coefficient (Wildman–Crippen LogP) is 1.52. The van der Waals surface area contributed by atoms with Crippen LogP contribution in [0.1, 0.15) is 23.2 Å². The van der Waals surface area contributed by atoms with Crippen molar-refractivity contribution in [2.45, 2.75) is 23.8 Å². The van der Waals surface area contributed by atoms with Gasteiger partial charge in [-0.2, -0.15) is 0 Å². The minimum atomic E-state index is -4.06. The van der Waals surface area contributed by atoms with E-state index in [9.17, 15) is 13.2 Å². The molecular formula is C12H14ClNO5S. The van der Waals surface area contributed by atoms with Crippen molar-refractivity contribution >= 4 is 25.6 Å². The zero-order chi connectivity index (χ0) is 14.9. The Kier molecular flexibility index (Phi) is 4.10. The quantitative estimate of drug-likeness (QED) is 0.832. The summed E-state index contributed by atoms with van der Waals surface area (Å²) >= 11 is 0. The molecule has 1 saturated carbocycles. The molecule has 0 bridgehead atoms. The third kappa shape index (κ3) is 3.16. The lowest BCUT2D eigenvalue weighted by Gasteiger charge is -2.13. The van der Waals surface area contributed by atoms with E-state index in [1.807, 2.05) is 0 Å². The van der Waals surface area contributed by atoms with E-state index in [4.69, 9.17) is 20.2 Å². The van der Waals surface area contributed by atoms with Crippen molar-refractivity contribution in [3.05, 3.63) is 17.7 Å². The van der Waals surface area contributed by atoms with Gasteiger partial charge in [-0.05, 0) is 25.0 Å².